The molecule has 0 saturated carbocycles. The van der Waals surface area contributed by atoms with Gasteiger partial charge in [0.25, 0.3) is 5.91 Å². The van der Waals surface area contributed by atoms with Crippen LogP contribution in [0.5, 0.6) is 0 Å². The zero-order valence-electron chi connectivity index (χ0n) is 9.68. The van der Waals surface area contributed by atoms with Gasteiger partial charge in [-0.15, -0.1) is 0 Å². The average molecular weight is 272 g/mol. The summed E-state index contributed by atoms with van der Waals surface area (Å²) in [6, 6.07) is 0.898. The maximum atomic E-state index is 13.5. The van der Waals surface area contributed by atoms with Crippen molar-refractivity contribution in [3.05, 3.63) is 39.4 Å². The van der Waals surface area contributed by atoms with E-state index in [1.54, 1.807) is 0 Å². The van der Waals surface area contributed by atoms with Gasteiger partial charge in [0.2, 0.25) is 5.82 Å². The number of amides is 1. The van der Waals surface area contributed by atoms with Gasteiger partial charge < -0.3 is 10.0 Å². The number of aliphatic hydroxyl groups is 1. The quantitative estimate of drug-likeness (QED) is 0.645. The lowest BCUT2D eigenvalue weighted by molar-refractivity contribution is -0.387. The fourth-order valence-corrected chi connectivity index (χ4v) is 1.94. The molecule has 1 atom stereocenters. The first-order valence-electron chi connectivity index (χ1n) is 5.51. The van der Waals surface area contributed by atoms with Crippen molar-refractivity contribution in [1.82, 2.24) is 4.90 Å². The van der Waals surface area contributed by atoms with E-state index < -0.39 is 39.8 Å². The van der Waals surface area contributed by atoms with Crippen molar-refractivity contribution < 1.29 is 23.6 Å². The highest BCUT2D eigenvalue weighted by Crippen LogP contribution is 2.23. The van der Waals surface area contributed by atoms with Crippen LogP contribution in [0.15, 0.2) is 12.1 Å². The minimum atomic E-state index is -1.33. The number of aliphatic hydroxyl groups excluding tert-OH is 1. The van der Waals surface area contributed by atoms with E-state index in [0.717, 1.165) is 0 Å². The molecule has 2 rings (SSSR count). The van der Waals surface area contributed by atoms with Crippen LogP contribution < -0.4 is 0 Å². The Morgan fingerprint density at radius 3 is 2.63 bits per heavy atom. The van der Waals surface area contributed by atoms with Crippen molar-refractivity contribution in [3.63, 3.8) is 0 Å². The van der Waals surface area contributed by atoms with Crippen LogP contribution in [0.4, 0.5) is 14.5 Å². The van der Waals surface area contributed by atoms with E-state index >= 15 is 0 Å². The third-order valence-electron chi connectivity index (χ3n) is 2.91. The molecular weight excluding hydrogens is 262 g/mol. The largest absolute Gasteiger partial charge is 0.391 e. The lowest BCUT2D eigenvalue weighted by atomic mass is 10.1. The maximum Gasteiger partial charge on any atom is 0.305 e. The van der Waals surface area contributed by atoms with Gasteiger partial charge in [0.15, 0.2) is 0 Å². The van der Waals surface area contributed by atoms with Gasteiger partial charge >= 0.3 is 5.69 Å². The van der Waals surface area contributed by atoms with Gasteiger partial charge in [-0.3, -0.25) is 14.9 Å². The number of likely N-dealkylation sites (tertiary alicyclic amines) is 1. The average Bonchev–Trinajstić information content (AvgIpc) is 2.74. The number of carbonyl (C=O) groups excluding carboxylic acids is 1. The molecule has 0 aliphatic carbocycles. The molecule has 19 heavy (non-hydrogen) atoms. The fourth-order valence-electron chi connectivity index (χ4n) is 1.94. The number of nitrogens with zero attached hydrogens (tertiary/aromatic N) is 2. The Morgan fingerprint density at radius 1 is 1.42 bits per heavy atom. The van der Waals surface area contributed by atoms with Gasteiger partial charge in [0, 0.05) is 25.2 Å². The van der Waals surface area contributed by atoms with Crippen molar-refractivity contribution in [2.24, 2.45) is 0 Å². The Labute approximate surface area is 106 Å². The summed E-state index contributed by atoms with van der Waals surface area (Å²) in [5.41, 5.74) is -1.52. The SMILES string of the molecule is O=C(c1cc([N+](=O)[O-])c(F)cc1F)N1CC[C@@H](O)C1. The van der Waals surface area contributed by atoms with Gasteiger partial charge in [0.1, 0.15) is 5.82 Å². The van der Waals surface area contributed by atoms with Crippen molar-refractivity contribution >= 4 is 11.6 Å². The van der Waals surface area contributed by atoms with Crippen molar-refractivity contribution in [2.45, 2.75) is 12.5 Å². The highest BCUT2D eigenvalue weighted by molar-refractivity contribution is 5.95. The highest BCUT2D eigenvalue weighted by atomic mass is 19.1. The van der Waals surface area contributed by atoms with E-state index in [-0.39, 0.29) is 13.1 Å². The van der Waals surface area contributed by atoms with Crippen LogP contribution in [0.25, 0.3) is 0 Å². The first-order chi connectivity index (χ1) is 8.90. The summed E-state index contributed by atoms with van der Waals surface area (Å²) in [7, 11) is 0. The third-order valence-corrected chi connectivity index (χ3v) is 2.91. The fraction of sp³-hybridized carbons (Fsp3) is 0.364. The number of nitro groups is 1. The topological polar surface area (TPSA) is 83.7 Å². The van der Waals surface area contributed by atoms with Crippen molar-refractivity contribution in [1.29, 1.82) is 0 Å². The molecule has 102 valence electrons. The molecule has 1 aromatic rings. The summed E-state index contributed by atoms with van der Waals surface area (Å²) in [6.45, 7) is 0.258. The van der Waals surface area contributed by atoms with Crippen LogP contribution in [0, 0.1) is 21.7 Å². The number of hydrogen-bond acceptors (Lipinski definition) is 4. The standard InChI is InChI=1S/C11H10F2N2O4/c12-8-4-9(13)10(15(18)19)3-7(8)11(17)14-2-1-6(16)5-14/h3-4,6,16H,1-2,5H2/t6-/m1/s1. The van der Waals surface area contributed by atoms with E-state index in [2.05, 4.69) is 0 Å². The Hall–Kier alpha value is -2.09. The van der Waals surface area contributed by atoms with E-state index in [0.29, 0.717) is 18.6 Å². The number of rotatable bonds is 2. The van der Waals surface area contributed by atoms with E-state index in [1.165, 1.54) is 4.90 Å². The summed E-state index contributed by atoms with van der Waals surface area (Å²) in [5, 5.41) is 19.9. The van der Waals surface area contributed by atoms with Crippen molar-refractivity contribution in [2.75, 3.05) is 13.1 Å². The van der Waals surface area contributed by atoms with E-state index in [1.807, 2.05) is 0 Å². The lowest BCUT2D eigenvalue weighted by Gasteiger charge is -2.15. The maximum absolute atomic E-state index is 13.5. The molecule has 0 radical (unpaired) electrons. The molecule has 1 aliphatic heterocycles. The second kappa shape index (κ2) is 4.88. The number of β-amino-alcohol motifs (C(OH)–C–C–N with tert-alkyl or cyclic N) is 1. The molecule has 1 N–H and O–H groups in total. The molecule has 1 amide bonds. The van der Waals surface area contributed by atoms with Gasteiger partial charge in [0.05, 0.1) is 16.6 Å². The minimum Gasteiger partial charge on any atom is -0.391 e. The molecule has 0 bridgehead atoms. The second-order valence-corrected chi connectivity index (χ2v) is 4.23. The molecule has 8 heteroatoms. The molecule has 1 fully saturated rings. The van der Waals surface area contributed by atoms with Crippen LogP contribution in [0.3, 0.4) is 0 Å². The van der Waals surface area contributed by atoms with Crippen LogP contribution in [-0.4, -0.2) is 40.0 Å². The number of halogens is 2. The Kier molecular flexibility index (Phi) is 3.43. The molecule has 1 aromatic carbocycles. The van der Waals surface area contributed by atoms with Crippen molar-refractivity contribution in [3.8, 4) is 0 Å². The Morgan fingerprint density at radius 2 is 2.11 bits per heavy atom. The summed E-state index contributed by atoms with van der Waals surface area (Å²) < 4.78 is 26.7. The van der Waals surface area contributed by atoms with Gasteiger partial charge in [-0.1, -0.05) is 0 Å². The summed E-state index contributed by atoms with van der Waals surface area (Å²) in [5.74, 6) is -3.29. The van der Waals surface area contributed by atoms with Gasteiger partial charge in [-0.25, -0.2) is 4.39 Å². The monoisotopic (exact) mass is 272 g/mol. The van der Waals surface area contributed by atoms with Gasteiger partial charge in [-0.05, 0) is 6.42 Å². The predicted molar refractivity (Wildman–Crippen MR) is 59.5 cm³/mol. The Bertz CT molecular complexity index is 550. The first-order valence-corrected chi connectivity index (χ1v) is 5.51. The molecule has 1 aliphatic rings. The summed E-state index contributed by atoms with van der Waals surface area (Å²) in [6.07, 6.45) is -0.334. The van der Waals surface area contributed by atoms with E-state index in [9.17, 15) is 28.8 Å². The van der Waals surface area contributed by atoms with Gasteiger partial charge in [-0.2, -0.15) is 4.39 Å². The molecule has 1 saturated heterocycles. The first kappa shape index (κ1) is 13.3. The smallest absolute Gasteiger partial charge is 0.305 e. The molecule has 0 spiro atoms. The summed E-state index contributed by atoms with van der Waals surface area (Å²) in [4.78, 5) is 22.6. The van der Waals surface area contributed by atoms with Crippen LogP contribution in [-0.2, 0) is 0 Å². The molecule has 1 heterocycles. The number of carbonyl (C=O) groups is 1. The third kappa shape index (κ3) is 2.53. The van der Waals surface area contributed by atoms with E-state index in [4.69, 9.17) is 0 Å². The number of hydrogen-bond donors (Lipinski definition) is 1. The van der Waals surface area contributed by atoms with Crippen LogP contribution in [0.1, 0.15) is 16.8 Å². The number of benzene rings is 1. The minimum absolute atomic E-state index is 0.0312. The molecule has 6 nitrogen and oxygen atoms in total. The Balaban J connectivity index is 2.36. The second-order valence-electron chi connectivity index (χ2n) is 4.23. The summed E-state index contributed by atoms with van der Waals surface area (Å²) >= 11 is 0. The molecular formula is C11H10F2N2O4. The molecule has 0 aromatic heterocycles. The zero-order valence-corrected chi connectivity index (χ0v) is 9.68. The normalized spacial score (nSPS) is 18.7. The lowest BCUT2D eigenvalue weighted by Crippen LogP contribution is -2.30. The van der Waals surface area contributed by atoms with Crippen LogP contribution in [0.2, 0.25) is 0 Å². The highest BCUT2D eigenvalue weighted by Gasteiger charge is 2.29. The zero-order chi connectivity index (χ0) is 14.2. The van der Waals surface area contributed by atoms with Crippen LogP contribution >= 0.6 is 0 Å². The number of nitro benzene ring substituents is 1. The molecule has 0 unspecified atom stereocenters. The predicted octanol–water partition coefficient (Wildman–Crippen LogP) is 1.08.